The lowest BCUT2D eigenvalue weighted by Crippen LogP contribution is -2.31. The molecule has 8 nitrogen and oxygen atoms in total. The maximum absolute atomic E-state index is 12.6. The molecule has 2 aromatic rings. The van der Waals surface area contributed by atoms with Crippen LogP contribution in [0.3, 0.4) is 0 Å². The van der Waals surface area contributed by atoms with Gasteiger partial charge in [-0.2, -0.15) is 0 Å². The summed E-state index contributed by atoms with van der Waals surface area (Å²) in [5, 5.41) is 11.5. The molecule has 1 aromatic carbocycles. The number of pyridine rings is 1. The van der Waals surface area contributed by atoms with Gasteiger partial charge in [0, 0.05) is 55.6 Å². The summed E-state index contributed by atoms with van der Waals surface area (Å²) in [6.45, 7) is 6.13. The van der Waals surface area contributed by atoms with Gasteiger partial charge in [-0.3, -0.25) is 4.79 Å². The number of aliphatic hydroxyl groups is 1. The van der Waals surface area contributed by atoms with E-state index >= 15 is 0 Å². The number of nitrogens with one attached hydrogen (secondary N) is 1. The smallest absolute Gasteiger partial charge is 0.251 e. The van der Waals surface area contributed by atoms with Gasteiger partial charge in [0.15, 0.2) is 0 Å². The number of nitrogens with zero attached hydrogens (tertiary/aromatic N) is 3. The molecule has 1 amide bonds. The number of anilines is 2. The molecule has 2 aliphatic rings. The average Bonchev–Trinajstić information content (AvgIpc) is 3.48. The second-order valence-electron chi connectivity index (χ2n) is 8.79. The number of aliphatic hydroxyl groups excluding tert-OH is 1. The van der Waals surface area contributed by atoms with E-state index in [9.17, 15) is 4.79 Å². The number of rotatable bonds is 11. The van der Waals surface area contributed by atoms with E-state index in [0.29, 0.717) is 38.5 Å². The molecule has 3 heterocycles. The number of para-hydroxylation sites is 1. The summed E-state index contributed by atoms with van der Waals surface area (Å²) in [4.78, 5) is 21.9. The zero-order valence-electron chi connectivity index (χ0n) is 19.1. The monoisotopic (exact) mass is 454 g/mol. The van der Waals surface area contributed by atoms with Crippen LogP contribution in [0.25, 0.3) is 0 Å². The molecule has 0 aliphatic carbocycles. The van der Waals surface area contributed by atoms with Crippen LogP contribution in [0, 0.1) is 5.41 Å². The van der Waals surface area contributed by atoms with E-state index in [1.165, 1.54) is 12.1 Å². The van der Waals surface area contributed by atoms with Crippen LogP contribution in [0.2, 0.25) is 0 Å². The molecule has 1 spiro atoms. The molecule has 178 valence electrons. The van der Waals surface area contributed by atoms with Gasteiger partial charge in [-0.15, -0.1) is 0 Å². The van der Waals surface area contributed by atoms with Crippen molar-refractivity contribution < 1.29 is 19.4 Å². The topological polar surface area (TPSA) is 87.2 Å². The minimum Gasteiger partial charge on any atom is -0.394 e. The van der Waals surface area contributed by atoms with Gasteiger partial charge >= 0.3 is 0 Å². The van der Waals surface area contributed by atoms with Gasteiger partial charge in [0.1, 0.15) is 5.82 Å². The highest BCUT2D eigenvalue weighted by atomic mass is 16.5. The number of carbonyl (C=O) groups is 1. The van der Waals surface area contributed by atoms with Crippen molar-refractivity contribution in [2.45, 2.75) is 12.8 Å². The van der Waals surface area contributed by atoms with Gasteiger partial charge in [0.05, 0.1) is 33.0 Å². The van der Waals surface area contributed by atoms with Crippen LogP contribution in [0.5, 0.6) is 0 Å². The van der Waals surface area contributed by atoms with Crippen molar-refractivity contribution >= 4 is 17.4 Å². The molecule has 0 bridgehead atoms. The fraction of sp³-hybridized carbons (Fsp3) is 0.520. The molecule has 2 saturated heterocycles. The van der Waals surface area contributed by atoms with E-state index in [4.69, 9.17) is 14.6 Å². The fourth-order valence-corrected chi connectivity index (χ4v) is 4.72. The van der Waals surface area contributed by atoms with Crippen molar-refractivity contribution in [3.05, 3.63) is 54.2 Å². The number of benzene rings is 1. The van der Waals surface area contributed by atoms with Crippen molar-refractivity contribution in [2.75, 3.05) is 75.6 Å². The lowest BCUT2D eigenvalue weighted by Gasteiger charge is -2.26. The third-order valence-electron chi connectivity index (χ3n) is 6.47. The number of hydrogen-bond acceptors (Lipinski definition) is 7. The third kappa shape index (κ3) is 6.22. The minimum absolute atomic E-state index is 0.00846. The number of ether oxygens (including phenoxy) is 2. The summed E-state index contributed by atoms with van der Waals surface area (Å²) in [6, 6.07) is 14.3. The van der Waals surface area contributed by atoms with Gasteiger partial charge in [-0.05, 0) is 37.1 Å². The highest BCUT2D eigenvalue weighted by Gasteiger charge is 2.43. The summed E-state index contributed by atoms with van der Waals surface area (Å²) < 4.78 is 10.5. The lowest BCUT2D eigenvalue weighted by molar-refractivity contribution is 0.0338. The zero-order valence-corrected chi connectivity index (χ0v) is 19.1. The van der Waals surface area contributed by atoms with Gasteiger partial charge in [-0.25, -0.2) is 4.98 Å². The Morgan fingerprint density at radius 3 is 2.52 bits per heavy atom. The van der Waals surface area contributed by atoms with Crippen molar-refractivity contribution in [3.63, 3.8) is 0 Å². The Kier molecular flexibility index (Phi) is 8.15. The van der Waals surface area contributed by atoms with Crippen molar-refractivity contribution in [1.82, 2.24) is 10.3 Å². The predicted molar refractivity (Wildman–Crippen MR) is 128 cm³/mol. The molecule has 0 radical (unpaired) electrons. The molecular formula is C25H34N4O4. The molecule has 1 atom stereocenters. The van der Waals surface area contributed by atoms with Crippen molar-refractivity contribution in [1.29, 1.82) is 0 Å². The lowest BCUT2D eigenvalue weighted by atomic mass is 9.86. The molecule has 1 unspecified atom stereocenters. The maximum Gasteiger partial charge on any atom is 0.251 e. The van der Waals surface area contributed by atoms with E-state index in [1.807, 2.05) is 6.07 Å². The number of aromatic nitrogens is 1. The number of carbonyl (C=O) groups excluding carboxylic acids is 1. The van der Waals surface area contributed by atoms with E-state index in [2.05, 4.69) is 50.4 Å². The first-order valence-electron chi connectivity index (χ1n) is 11.7. The van der Waals surface area contributed by atoms with Crippen LogP contribution in [0.4, 0.5) is 11.5 Å². The molecule has 0 saturated carbocycles. The molecule has 8 heteroatoms. The Labute approximate surface area is 195 Å². The van der Waals surface area contributed by atoms with Gasteiger partial charge < -0.3 is 29.7 Å². The maximum atomic E-state index is 12.6. The van der Waals surface area contributed by atoms with Crippen LogP contribution >= 0.6 is 0 Å². The van der Waals surface area contributed by atoms with Crippen LogP contribution < -0.4 is 15.1 Å². The summed E-state index contributed by atoms with van der Waals surface area (Å²) in [5.74, 6) is 0.749. The highest BCUT2D eigenvalue weighted by molar-refractivity contribution is 5.94. The second kappa shape index (κ2) is 11.4. The normalized spacial score (nSPS) is 20.0. The van der Waals surface area contributed by atoms with E-state index in [-0.39, 0.29) is 17.9 Å². The van der Waals surface area contributed by atoms with Crippen molar-refractivity contribution in [2.24, 2.45) is 5.41 Å². The quantitative estimate of drug-likeness (QED) is 0.502. The largest absolute Gasteiger partial charge is 0.394 e. The highest BCUT2D eigenvalue weighted by Crippen LogP contribution is 2.42. The average molecular weight is 455 g/mol. The first-order valence-corrected chi connectivity index (χ1v) is 11.7. The Bertz CT molecular complexity index is 897. The Morgan fingerprint density at radius 1 is 1.00 bits per heavy atom. The molecule has 4 rings (SSSR count). The third-order valence-corrected chi connectivity index (χ3v) is 6.47. The van der Waals surface area contributed by atoms with E-state index < -0.39 is 0 Å². The van der Waals surface area contributed by atoms with E-state index in [1.54, 1.807) is 12.3 Å². The van der Waals surface area contributed by atoms with E-state index in [0.717, 1.165) is 38.4 Å². The summed E-state index contributed by atoms with van der Waals surface area (Å²) in [6.07, 6.45) is 4.05. The van der Waals surface area contributed by atoms with Crippen LogP contribution in [-0.4, -0.2) is 81.8 Å². The van der Waals surface area contributed by atoms with Gasteiger partial charge in [0.25, 0.3) is 5.91 Å². The molecule has 2 aliphatic heterocycles. The predicted octanol–water partition coefficient (Wildman–Crippen LogP) is 1.94. The fourth-order valence-electron chi connectivity index (χ4n) is 4.72. The summed E-state index contributed by atoms with van der Waals surface area (Å²) >= 11 is 0. The SMILES string of the molecule is O=C(NCCOCCOCCO)c1ccnc(N2CCC3(CCN(c4ccccc4)C3)C2)c1. The minimum atomic E-state index is -0.121. The first kappa shape index (κ1) is 23.5. The number of hydrogen-bond donors (Lipinski definition) is 2. The molecule has 33 heavy (non-hydrogen) atoms. The van der Waals surface area contributed by atoms with Crippen LogP contribution in [-0.2, 0) is 9.47 Å². The first-order chi connectivity index (χ1) is 16.2. The number of amides is 1. The van der Waals surface area contributed by atoms with Crippen LogP contribution in [0.1, 0.15) is 23.2 Å². The van der Waals surface area contributed by atoms with Gasteiger partial charge in [0.2, 0.25) is 0 Å². The molecule has 2 fully saturated rings. The Hall–Kier alpha value is -2.68. The Morgan fingerprint density at radius 2 is 1.73 bits per heavy atom. The second-order valence-corrected chi connectivity index (χ2v) is 8.79. The zero-order chi connectivity index (χ0) is 22.9. The standard InChI is InChI=1S/C25H34N4O4/c30-13-15-33-17-16-32-14-10-27-24(31)21-6-9-26-23(18-21)29-12-8-25(20-29)7-11-28(19-25)22-4-2-1-3-5-22/h1-6,9,18,30H,7-8,10-17,19-20H2,(H,27,31). The van der Waals surface area contributed by atoms with Crippen molar-refractivity contribution in [3.8, 4) is 0 Å². The summed E-state index contributed by atoms with van der Waals surface area (Å²) in [5.41, 5.74) is 2.20. The molecule has 2 N–H and O–H groups in total. The summed E-state index contributed by atoms with van der Waals surface area (Å²) in [7, 11) is 0. The van der Waals surface area contributed by atoms with Crippen LogP contribution in [0.15, 0.2) is 48.7 Å². The van der Waals surface area contributed by atoms with Gasteiger partial charge in [-0.1, -0.05) is 18.2 Å². The molecular weight excluding hydrogens is 420 g/mol. The molecule has 1 aromatic heterocycles. The Balaban J connectivity index is 1.25.